The van der Waals surface area contributed by atoms with Gasteiger partial charge in [0.2, 0.25) is 0 Å². The van der Waals surface area contributed by atoms with E-state index < -0.39 is 22.4 Å². The highest BCUT2D eigenvalue weighted by Crippen LogP contribution is 2.36. The number of benzene rings is 1. The highest BCUT2D eigenvalue weighted by atomic mass is 19.4. The van der Waals surface area contributed by atoms with Gasteiger partial charge in [-0.3, -0.25) is 19.9 Å². The molecule has 1 aromatic heterocycles. The lowest BCUT2D eigenvalue weighted by Crippen LogP contribution is -2.49. The van der Waals surface area contributed by atoms with Crippen LogP contribution in [-0.4, -0.2) is 60.0 Å². The van der Waals surface area contributed by atoms with Crippen LogP contribution in [0.1, 0.15) is 28.9 Å². The second kappa shape index (κ2) is 8.64. The van der Waals surface area contributed by atoms with E-state index >= 15 is 0 Å². The zero-order valence-electron chi connectivity index (χ0n) is 17.2. The number of nitro groups is 1. The number of nitro benzene ring substituents is 1. The minimum atomic E-state index is -4.66. The molecule has 0 atom stereocenters. The van der Waals surface area contributed by atoms with Crippen LogP contribution in [0.2, 0.25) is 0 Å². The van der Waals surface area contributed by atoms with Gasteiger partial charge in [-0.25, -0.2) is 0 Å². The van der Waals surface area contributed by atoms with Gasteiger partial charge in [0.25, 0.3) is 11.6 Å². The standard InChI is InChI=1S/C21H22F3N5O3/c22-21(23,24)15-3-4-18(19(13-15)29(31)32)27-9-11-28(12-10-27)20(30)17-14-16(5-6-25-17)26-7-1-2-8-26/h3-6,13-14H,1-2,7-12H2. The normalized spacial score (nSPS) is 17.0. The van der Waals surface area contributed by atoms with E-state index in [0.29, 0.717) is 11.8 Å². The van der Waals surface area contributed by atoms with Crippen LogP contribution >= 0.6 is 0 Å². The van der Waals surface area contributed by atoms with Gasteiger partial charge in [0.1, 0.15) is 11.4 Å². The highest BCUT2D eigenvalue weighted by Gasteiger charge is 2.34. The lowest BCUT2D eigenvalue weighted by Gasteiger charge is -2.35. The third-order valence-corrected chi connectivity index (χ3v) is 5.84. The second-order valence-corrected chi connectivity index (χ2v) is 7.83. The lowest BCUT2D eigenvalue weighted by atomic mass is 10.1. The number of rotatable bonds is 4. The van der Waals surface area contributed by atoms with Crippen molar-refractivity contribution in [2.75, 3.05) is 49.1 Å². The molecule has 0 aliphatic carbocycles. The van der Waals surface area contributed by atoms with Gasteiger partial charge >= 0.3 is 6.18 Å². The third kappa shape index (κ3) is 4.46. The van der Waals surface area contributed by atoms with Crippen molar-refractivity contribution in [1.82, 2.24) is 9.88 Å². The smallest absolute Gasteiger partial charge is 0.371 e. The Labute approximate surface area is 182 Å². The average Bonchev–Trinajstić information content (AvgIpc) is 3.33. The summed E-state index contributed by atoms with van der Waals surface area (Å²) in [5.74, 6) is -0.229. The van der Waals surface area contributed by atoms with Crippen molar-refractivity contribution in [3.8, 4) is 0 Å². The van der Waals surface area contributed by atoms with Crippen LogP contribution in [0.3, 0.4) is 0 Å². The monoisotopic (exact) mass is 449 g/mol. The Morgan fingerprint density at radius 3 is 2.28 bits per heavy atom. The summed E-state index contributed by atoms with van der Waals surface area (Å²) in [4.78, 5) is 33.2. The Balaban J connectivity index is 1.46. The lowest BCUT2D eigenvalue weighted by molar-refractivity contribution is -0.384. The summed E-state index contributed by atoms with van der Waals surface area (Å²) in [5, 5.41) is 11.4. The van der Waals surface area contributed by atoms with Crippen molar-refractivity contribution in [2.45, 2.75) is 19.0 Å². The van der Waals surface area contributed by atoms with Crippen LogP contribution < -0.4 is 9.80 Å². The van der Waals surface area contributed by atoms with Gasteiger partial charge in [0, 0.05) is 57.2 Å². The zero-order chi connectivity index (χ0) is 22.9. The van der Waals surface area contributed by atoms with Crippen LogP contribution in [0.15, 0.2) is 36.5 Å². The zero-order valence-corrected chi connectivity index (χ0v) is 17.2. The molecule has 1 aromatic carbocycles. The summed E-state index contributed by atoms with van der Waals surface area (Å²) in [6.45, 7) is 3.00. The minimum absolute atomic E-state index is 0.115. The molecule has 0 radical (unpaired) electrons. The molecule has 3 heterocycles. The maximum atomic E-state index is 12.9. The molecular weight excluding hydrogens is 427 g/mol. The van der Waals surface area contributed by atoms with E-state index in [4.69, 9.17) is 0 Å². The summed E-state index contributed by atoms with van der Waals surface area (Å²) in [5.41, 5.74) is -0.252. The molecule has 32 heavy (non-hydrogen) atoms. The topological polar surface area (TPSA) is 82.8 Å². The van der Waals surface area contributed by atoms with Gasteiger partial charge in [-0.1, -0.05) is 0 Å². The summed E-state index contributed by atoms with van der Waals surface area (Å²) in [7, 11) is 0. The van der Waals surface area contributed by atoms with Crippen LogP contribution in [0.25, 0.3) is 0 Å². The molecule has 0 N–H and O–H groups in total. The molecule has 2 aromatic rings. The number of piperazine rings is 1. The summed E-state index contributed by atoms with van der Waals surface area (Å²) >= 11 is 0. The first-order chi connectivity index (χ1) is 15.2. The van der Waals surface area contributed by atoms with Crippen molar-refractivity contribution in [3.05, 3.63) is 57.9 Å². The molecule has 0 saturated carbocycles. The molecule has 0 spiro atoms. The Kier molecular flexibility index (Phi) is 5.90. The van der Waals surface area contributed by atoms with Crippen molar-refractivity contribution in [2.24, 2.45) is 0 Å². The number of hydrogen-bond acceptors (Lipinski definition) is 6. The Hall–Kier alpha value is -3.37. The maximum Gasteiger partial charge on any atom is 0.416 e. The number of carbonyl (C=O) groups is 1. The van der Waals surface area contributed by atoms with Crippen molar-refractivity contribution < 1.29 is 22.9 Å². The van der Waals surface area contributed by atoms with E-state index in [1.165, 1.54) is 0 Å². The number of anilines is 2. The number of alkyl halides is 3. The number of amides is 1. The first-order valence-corrected chi connectivity index (χ1v) is 10.3. The quantitative estimate of drug-likeness (QED) is 0.524. The Morgan fingerprint density at radius 1 is 0.969 bits per heavy atom. The second-order valence-electron chi connectivity index (χ2n) is 7.83. The molecule has 2 aliphatic heterocycles. The molecule has 11 heteroatoms. The fraction of sp³-hybridized carbons (Fsp3) is 0.429. The highest BCUT2D eigenvalue weighted by molar-refractivity contribution is 5.93. The fourth-order valence-electron chi connectivity index (χ4n) is 4.13. The summed E-state index contributed by atoms with van der Waals surface area (Å²) in [6, 6.07) is 6.18. The van der Waals surface area contributed by atoms with Gasteiger partial charge in [-0.05, 0) is 37.1 Å². The van der Waals surface area contributed by atoms with Gasteiger partial charge in [-0.15, -0.1) is 0 Å². The molecule has 1 amide bonds. The molecule has 0 unspecified atom stereocenters. The van der Waals surface area contributed by atoms with Crippen molar-refractivity contribution in [3.63, 3.8) is 0 Å². The first kappa shape index (κ1) is 21.8. The van der Waals surface area contributed by atoms with Crippen LogP contribution in [0, 0.1) is 10.1 Å². The van der Waals surface area contributed by atoms with E-state index in [1.54, 1.807) is 22.1 Å². The van der Waals surface area contributed by atoms with E-state index in [1.807, 2.05) is 6.07 Å². The number of hydrogen-bond donors (Lipinski definition) is 0. The molecule has 170 valence electrons. The minimum Gasteiger partial charge on any atom is -0.371 e. The number of halogens is 3. The van der Waals surface area contributed by atoms with E-state index in [0.717, 1.165) is 43.8 Å². The number of aromatic nitrogens is 1. The van der Waals surface area contributed by atoms with E-state index in [9.17, 15) is 28.1 Å². The number of pyridine rings is 1. The Bertz CT molecular complexity index is 1020. The van der Waals surface area contributed by atoms with E-state index in [2.05, 4.69) is 9.88 Å². The molecule has 4 rings (SSSR count). The SMILES string of the molecule is O=C(c1cc(N2CCCC2)ccn1)N1CCN(c2ccc(C(F)(F)F)cc2[N+](=O)[O-])CC1. The first-order valence-electron chi connectivity index (χ1n) is 10.3. The van der Waals surface area contributed by atoms with Gasteiger partial charge < -0.3 is 14.7 Å². The maximum absolute atomic E-state index is 12.9. The predicted octanol–water partition coefficient (Wildman–Crippen LogP) is 3.57. The molecule has 2 saturated heterocycles. The van der Waals surface area contributed by atoms with Gasteiger partial charge in [0.15, 0.2) is 0 Å². The van der Waals surface area contributed by atoms with Crippen LogP contribution in [0.5, 0.6) is 0 Å². The van der Waals surface area contributed by atoms with Crippen molar-refractivity contribution >= 4 is 23.0 Å². The average molecular weight is 449 g/mol. The summed E-state index contributed by atoms with van der Waals surface area (Å²) in [6.07, 6.45) is -0.818. The Morgan fingerprint density at radius 2 is 1.66 bits per heavy atom. The predicted molar refractivity (Wildman–Crippen MR) is 112 cm³/mol. The van der Waals surface area contributed by atoms with E-state index in [-0.39, 0.29) is 37.8 Å². The molecule has 2 fully saturated rings. The largest absolute Gasteiger partial charge is 0.416 e. The molecule has 2 aliphatic rings. The van der Waals surface area contributed by atoms with Crippen LogP contribution in [-0.2, 0) is 6.18 Å². The third-order valence-electron chi connectivity index (χ3n) is 5.84. The number of carbonyl (C=O) groups excluding carboxylic acids is 1. The van der Waals surface area contributed by atoms with Gasteiger partial charge in [-0.2, -0.15) is 13.2 Å². The number of nitrogens with zero attached hydrogens (tertiary/aromatic N) is 5. The van der Waals surface area contributed by atoms with Crippen molar-refractivity contribution in [1.29, 1.82) is 0 Å². The fourth-order valence-corrected chi connectivity index (χ4v) is 4.13. The van der Waals surface area contributed by atoms with Gasteiger partial charge in [0.05, 0.1) is 10.5 Å². The molecule has 8 nitrogen and oxygen atoms in total. The molecule has 0 bridgehead atoms. The van der Waals surface area contributed by atoms with Crippen LogP contribution in [0.4, 0.5) is 30.2 Å². The summed E-state index contributed by atoms with van der Waals surface area (Å²) < 4.78 is 38.8. The molecular formula is C21H22F3N5O3.